The maximum Gasteiger partial charge on any atom is 0.191 e. The van der Waals surface area contributed by atoms with E-state index in [2.05, 4.69) is 66.4 Å². The summed E-state index contributed by atoms with van der Waals surface area (Å²) in [5.74, 6) is 1.34. The second kappa shape index (κ2) is 11.8. The van der Waals surface area contributed by atoms with Gasteiger partial charge in [0.05, 0.1) is 6.54 Å². The Hall–Kier alpha value is -1.66. The van der Waals surface area contributed by atoms with Crippen LogP contribution < -0.4 is 10.6 Å². The molecule has 1 aromatic heterocycles. The number of thiazole rings is 1. The van der Waals surface area contributed by atoms with E-state index in [0.29, 0.717) is 18.5 Å². The summed E-state index contributed by atoms with van der Waals surface area (Å²) in [6.45, 7) is 20.3. The van der Waals surface area contributed by atoms with Gasteiger partial charge in [0.25, 0.3) is 0 Å². The van der Waals surface area contributed by atoms with E-state index in [-0.39, 0.29) is 0 Å². The highest BCUT2D eigenvalue weighted by atomic mass is 32.1. The Kier molecular flexibility index (Phi) is 10.1. The minimum atomic E-state index is 0.377. The van der Waals surface area contributed by atoms with Gasteiger partial charge < -0.3 is 10.6 Å². The zero-order chi connectivity index (χ0) is 18.7. The van der Waals surface area contributed by atoms with Crippen LogP contribution in [0.5, 0.6) is 0 Å². The van der Waals surface area contributed by atoms with Crippen LogP contribution in [-0.2, 0) is 6.54 Å². The molecule has 0 saturated heterocycles. The fourth-order valence-electron chi connectivity index (χ4n) is 2.63. The lowest BCUT2D eigenvalue weighted by molar-refractivity contribution is 0.190. The number of guanidine groups is 1. The van der Waals surface area contributed by atoms with Gasteiger partial charge in [0.2, 0.25) is 0 Å². The third-order valence-corrected chi connectivity index (χ3v) is 4.73. The number of aromatic nitrogens is 1. The van der Waals surface area contributed by atoms with Crippen molar-refractivity contribution in [3.63, 3.8) is 0 Å². The van der Waals surface area contributed by atoms with Crippen LogP contribution in [0.3, 0.4) is 0 Å². The number of nitrogens with one attached hydrogen (secondary N) is 2. The Balaban J connectivity index is 2.73. The maximum atomic E-state index is 4.66. The largest absolute Gasteiger partial charge is 0.357 e. The Morgan fingerprint density at radius 2 is 2.00 bits per heavy atom. The van der Waals surface area contributed by atoms with Crippen molar-refractivity contribution >= 4 is 17.3 Å². The van der Waals surface area contributed by atoms with Gasteiger partial charge in [-0.3, -0.25) is 4.90 Å². The third-order valence-electron chi connectivity index (χ3n) is 3.83. The van der Waals surface area contributed by atoms with E-state index in [4.69, 9.17) is 0 Å². The number of hydrogen-bond acceptors (Lipinski definition) is 4. The molecule has 25 heavy (non-hydrogen) atoms. The minimum Gasteiger partial charge on any atom is -0.357 e. The molecule has 0 amide bonds. The van der Waals surface area contributed by atoms with Gasteiger partial charge in [0.1, 0.15) is 5.01 Å². The van der Waals surface area contributed by atoms with Crippen molar-refractivity contribution < 1.29 is 0 Å². The van der Waals surface area contributed by atoms with Crippen LogP contribution in [0.2, 0.25) is 0 Å². The molecule has 6 heteroatoms. The van der Waals surface area contributed by atoms with E-state index in [0.717, 1.165) is 37.1 Å². The number of hydrogen-bond donors (Lipinski definition) is 2. The molecule has 0 fully saturated rings. The van der Waals surface area contributed by atoms with E-state index >= 15 is 0 Å². The van der Waals surface area contributed by atoms with Crippen molar-refractivity contribution in [2.75, 3.05) is 26.2 Å². The molecule has 2 N–H and O–H groups in total. The zero-order valence-electron chi connectivity index (χ0n) is 16.1. The van der Waals surface area contributed by atoms with Crippen molar-refractivity contribution in [1.29, 1.82) is 0 Å². The smallest absolute Gasteiger partial charge is 0.191 e. The molecule has 0 radical (unpaired) electrons. The van der Waals surface area contributed by atoms with Crippen LogP contribution in [0.1, 0.15) is 30.7 Å². The Bertz CT molecular complexity index is 540. The van der Waals surface area contributed by atoms with Crippen LogP contribution in [0.15, 0.2) is 36.5 Å². The Labute approximate surface area is 157 Å². The van der Waals surface area contributed by atoms with Gasteiger partial charge in [-0.15, -0.1) is 24.5 Å². The Morgan fingerprint density at radius 1 is 1.32 bits per heavy atom. The van der Waals surface area contributed by atoms with Crippen molar-refractivity contribution in [3.05, 3.63) is 41.4 Å². The van der Waals surface area contributed by atoms with E-state index in [1.165, 1.54) is 4.88 Å². The summed E-state index contributed by atoms with van der Waals surface area (Å²) >= 11 is 1.69. The van der Waals surface area contributed by atoms with E-state index in [9.17, 15) is 0 Å². The molecule has 0 aliphatic heterocycles. The molecule has 5 nitrogen and oxygen atoms in total. The first kappa shape index (κ1) is 21.4. The van der Waals surface area contributed by atoms with E-state index in [1.54, 1.807) is 11.3 Å². The van der Waals surface area contributed by atoms with Crippen LogP contribution in [-0.4, -0.2) is 48.1 Å². The maximum absolute atomic E-state index is 4.66. The lowest BCUT2D eigenvalue weighted by Gasteiger charge is -2.33. The summed E-state index contributed by atoms with van der Waals surface area (Å²) in [6.07, 6.45) is 5.79. The number of rotatable bonds is 11. The van der Waals surface area contributed by atoms with Crippen LogP contribution in [0.4, 0.5) is 0 Å². The van der Waals surface area contributed by atoms with Gasteiger partial charge in [-0.2, -0.15) is 0 Å². The van der Waals surface area contributed by atoms with Crippen molar-refractivity contribution in [2.45, 2.75) is 40.3 Å². The zero-order valence-corrected chi connectivity index (χ0v) is 16.9. The van der Waals surface area contributed by atoms with Crippen LogP contribution >= 0.6 is 11.3 Å². The Morgan fingerprint density at radius 3 is 2.48 bits per heavy atom. The first-order valence-electron chi connectivity index (χ1n) is 8.91. The highest BCUT2D eigenvalue weighted by Crippen LogP contribution is 2.12. The summed E-state index contributed by atoms with van der Waals surface area (Å²) in [5.41, 5.74) is 0. The average Bonchev–Trinajstić information content (AvgIpc) is 2.98. The number of aliphatic imine (C=N–C) groups is 1. The fraction of sp³-hybridized carbons (Fsp3) is 0.579. The lowest BCUT2D eigenvalue weighted by Crippen LogP contribution is -2.49. The van der Waals surface area contributed by atoms with Gasteiger partial charge in [0, 0.05) is 43.3 Å². The number of nitrogens with zero attached hydrogens (tertiary/aromatic N) is 3. The van der Waals surface area contributed by atoms with Crippen LogP contribution in [0, 0.1) is 12.8 Å². The van der Waals surface area contributed by atoms with Crippen molar-refractivity contribution in [1.82, 2.24) is 20.5 Å². The van der Waals surface area contributed by atoms with Gasteiger partial charge in [-0.05, 0) is 19.8 Å². The molecule has 1 rings (SSSR count). The van der Waals surface area contributed by atoms with Crippen molar-refractivity contribution in [3.8, 4) is 0 Å². The SMILES string of the molecule is C=CCN(CC=C)C(CNC(=NCc1ncc(C)s1)NCC)C(C)C. The molecule has 1 aromatic rings. The first-order chi connectivity index (χ1) is 12.0. The standard InChI is InChI=1S/C19H33N5S/c1-7-10-24(11-8-2)17(15(4)5)13-22-19(20-9-3)23-14-18-21-12-16(6)25-18/h7-8,12,15,17H,1-2,9-11,13-14H2,3-6H3,(H2,20,22,23). The highest BCUT2D eigenvalue weighted by Gasteiger charge is 2.20. The molecule has 0 bridgehead atoms. The summed E-state index contributed by atoms with van der Waals surface area (Å²) in [5, 5.41) is 7.83. The van der Waals surface area contributed by atoms with E-state index < -0.39 is 0 Å². The third kappa shape index (κ3) is 7.84. The monoisotopic (exact) mass is 363 g/mol. The first-order valence-corrected chi connectivity index (χ1v) is 9.72. The molecule has 0 aliphatic rings. The van der Waals surface area contributed by atoms with Gasteiger partial charge >= 0.3 is 0 Å². The van der Waals surface area contributed by atoms with E-state index in [1.807, 2.05) is 18.3 Å². The van der Waals surface area contributed by atoms with Crippen molar-refractivity contribution in [2.24, 2.45) is 10.9 Å². The lowest BCUT2D eigenvalue weighted by atomic mass is 10.0. The molecular formula is C19H33N5S. The molecule has 140 valence electrons. The molecule has 1 unspecified atom stereocenters. The number of aryl methyl sites for hydroxylation is 1. The summed E-state index contributed by atoms with van der Waals surface area (Å²) < 4.78 is 0. The van der Waals surface area contributed by atoms with Gasteiger partial charge in [-0.25, -0.2) is 9.98 Å². The fourth-order valence-corrected chi connectivity index (χ4v) is 3.34. The molecule has 0 saturated carbocycles. The second-order valence-corrected chi connectivity index (χ2v) is 7.60. The summed E-state index contributed by atoms with van der Waals surface area (Å²) in [7, 11) is 0. The second-order valence-electron chi connectivity index (χ2n) is 6.28. The average molecular weight is 364 g/mol. The molecule has 1 heterocycles. The summed E-state index contributed by atoms with van der Waals surface area (Å²) in [6, 6.07) is 0.377. The quantitative estimate of drug-likeness (QED) is 0.360. The van der Waals surface area contributed by atoms with Gasteiger partial charge in [-0.1, -0.05) is 26.0 Å². The highest BCUT2D eigenvalue weighted by molar-refractivity contribution is 7.11. The predicted octanol–water partition coefficient (Wildman–Crippen LogP) is 3.21. The topological polar surface area (TPSA) is 52.5 Å². The minimum absolute atomic E-state index is 0.377. The molecule has 0 aliphatic carbocycles. The van der Waals surface area contributed by atoms with Crippen LogP contribution in [0.25, 0.3) is 0 Å². The predicted molar refractivity (Wildman–Crippen MR) is 110 cm³/mol. The molecule has 0 spiro atoms. The molecule has 0 aromatic carbocycles. The normalized spacial score (nSPS) is 13.1. The summed E-state index contributed by atoms with van der Waals surface area (Å²) in [4.78, 5) is 12.6. The molecular weight excluding hydrogens is 330 g/mol. The van der Waals surface area contributed by atoms with Gasteiger partial charge in [0.15, 0.2) is 5.96 Å². The molecule has 1 atom stereocenters.